The molecule has 654 valence electrons. The van der Waals surface area contributed by atoms with E-state index in [1.54, 1.807) is 238 Å². The van der Waals surface area contributed by atoms with E-state index in [9.17, 15) is 45.1 Å². The number of ketones is 4. The number of ether oxygens (including phenoxy) is 12. The molecule has 0 atom stereocenters. The Morgan fingerprint density at radius 3 is 0.644 bits per heavy atom. The van der Waals surface area contributed by atoms with Gasteiger partial charge in [0.15, 0.2) is 23.1 Å². The third-order valence-corrected chi connectivity index (χ3v) is 23.9. The predicted octanol–water partition coefficient (Wildman–Crippen LogP) is 23.8. The lowest BCUT2D eigenvalue weighted by atomic mass is 9.96. The zero-order valence-electron chi connectivity index (χ0n) is 70.5. The number of carbonyl (C=O) groups excluding carboxylic acids is 4. The zero-order valence-corrected chi connectivity index (χ0v) is 72.1. The summed E-state index contributed by atoms with van der Waals surface area (Å²) in [6.45, 7) is 3.59. The summed E-state index contributed by atoms with van der Waals surface area (Å²) in [5.74, 6) is 2.29. The van der Waals surface area contributed by atoms with E-state index in [2.05, 4.69) is 0 Å². The normalized spacial score (nSPS) is 13.3. The monoisotopic (exact) mass is 1790 g/mol. The maximum Gasteiger partial charge on any atom is 0.298 e. The second-order valence-electron chi connectivity index (χ2n) is 30.8. The van der Waals surface area contributed by atoms with Gasteiger partial charge < -0.3 is 56.8 Å². The first-order valence-electron chi connectivity index (χ1n) is 41.7. The lowest BCUT2D eigenvalue weighted by Gasteiger charge is -2.28. The van der Waals surface area contributed by atoms with Crippen molar-refractivity contribution in [3.05, 3.63) is 448 Å². The van der Waals surface area contributed by atoms with Crippen LogP contribution in [0.25, 0.3) is 22.3 Å². The minimum Gasteiger partial charge on any atom is -0.497 e. The van der Waals surface area contributed by atoms with E-state index in [1.807, 2.05) is 116 Å². The van der Waals surface area contributed by atoms with Gasteiger partial charge in [-0.05, 0) is 332 Å². The van der Waals surface area contributed by atoms with Crippen molar-refractivity contribution in [2.45, 2.75) is 28.3 Å². The third kappa shape index (κ3) is 19.5. The van der Waals surface area contributed by atoms with Crippen LogP contribution in [0.4, 0.5) is 0 Å². The maximum atomic E-state index is 13.9. The van der Waals surface area contributed by atoms with Crippen molar-refractivity contribution in [3.63, 3.8) is 0 Å². The highest BCUT2D eigenvalue weighted by Crippen LogP contribution is 2.44. The van der Waals surface area contributed by atoms with Crippen molar-refractivity contribution >= 4 is 43.4 Å². The summed E-state index contributed by atoms with van der Waals surface area (Å²) in [7, 11) is -8.18. The Morgan fingerprint density at radius 1 is 0.242 bits per heavy atom. The van der Waals surface area contributed by atoms with Crippen LogP contribution >= 0.6 is 0 Å². The first-order valence-corrected chi connectivity index (χ1v) is 44.6. The van der Waals surface area contributed by atoms with Gasteiger partial charge in [0.25, 0.3) is 20.2 Å². The van der Waals surface area contributed by atoms with Crippen LogP contribution in [-0.4, -0.2) is 82.6 Å². The molecule has 0 unspecified atom stereocenters. The minimum atomic E-state index is -4.88. The Kier molecular flexibility index (Phi) is 24.7. The molecule has 132 heavy (non-hydrogen) atoms. The molecule has 2 aliphatic rings. The first kappa shape index (κ1) is 87.0. The van der Waals surface area contributed by atoms with Crippen LogP contribution in [0, 0.1) is 6.92 Å². The van der Waals surface area contributed by atoms with E-state index in [0.29, 0.717) is 123 Å². The fourth-order valence-corrected chi connectivity index (χ4v) is 16.6. The van der Waals surface area contributed by atoms with Gasteiger partial charge in [0.05, 0.1) is 33.5 Å². The molecule has 2 N–H and O–H groups in total. The van der Waals surface area contributed by atoms with E-state index < -0.39 is 53.2 Å². The molecular weight excluding hydrogens is 1710 g/mol. The van der Waals surface area contributed by atoms with E-state index in [1.165, 1.54) is 24.3 Å². The van der Waals surface area contributed by atoms with Crippen molar-refractivity contribution in [3.8, 4) is 108 Å². The van der Waals surface area contributed by atoms with Crippen LogP contribution in [0.5, 0.6) is 86.2 Å². The summed E-state index contributed by atoms with van der Waals surface area (Å²) in [5, 5.41) is 0. The van der Waals surface area contributed by atoms with Gasteiger partial charge in [-0.25, -0.2) is 0 Å². The Morgan fingerprint density at radius 2 is 0.424 bits per heavy atom. The molecule has 0 amide bonds. The van der Waals surface area contributed by atoms with Crippen LogP contribution in [-0.2, 0) is 50.8 Å². The van der Waals surface area contributed by atoms with Crippen LogP contribution in [0.3, 0.4) is 0 Å². The fraction of sp³-hybridized carbons (Fsp3) is 0.0741. The van der Waals surface area contributed by atoms with E-state index >= 15 is 0 Å². The molecule has 22 nitrogen and oxygen atoms in total. The highest BCUT2D eigenvalue weighted by Gasteiger charge is 2.42. The third-order valence-electron chi connectivity index (χ3n) is 22.1. The van der Waals surface area contributed by atoms with Gasteiger partial charge in [-0.1, -0.05) is 78.4 Å². The van der Waals surface area contributed by atoms with E-state index in [-0.39, 0.29) is 56.8 Å². The van der Waals surface area contributed by atoms with Gasteiger partial charge in [-0.15, -0.1) is 0 Å². The fourth-order valence-electron chi connectivity index (χ4n) is 15.3. The second kappa shape index (κ2) is 37.5. The minimum absolute atomic E-state index is 0.00488. The Bertz CT molecular complexity index is 7160. The molecule has 2 heterocycles. The summed E-state index contributed by atoms with van der Waals surface area (Å²) >= 11 is 0. The summed E-state index contributed by atoms with van der Waals surface area (Å²) in [6.07, 6.45) is 0. The summed E-state index contributed by atoms with van der Waals surface area (Å²) < 4.78 is 145. The SMILES string of the molecule is COc1ccc(C(=O)c2ccc(Oc3ccc(-c4ccc(Oc5ccc(C(=O)c6ccc(Oc7ccc(C8(c9ccc(Oc%10ccc(C(=O)c%11ccc(Oc%12ccc(-c%13ccc(Oc%14ccc(C(=O)c%15ccc(Oc%16ccc(C%17(c%18ccc(C)cc%18)OCCO%17)cc%16)cc%15)cc%14S(=O)(=O)O)cc%13)cc%12)cc%11)cc%10)cc9)OCCO8)cc7)cc6)cc5S(=O)(=O)O)cc4)cc3)cc2)cc1. The highest BCUT2D eigenvalue weighted by atomic mass is 32.2. The number of hydrogen-bond acceptors (Lipinski definition) is 20. The molecule has 0 spiro atoms. The van der Waals surface area contributed by atoms with Crippen LogP contribution in [0.15, 0.2) is 386 Å². The summed E-state index contributed by atoms with van der Waals surface area (Å²) in [6, 6.07) is 106. The standard InChI is InChI=1S/C108H78O22S2/c1-69-3-27-82(28-4-69)107(120-63-64-121-107)83-29-55-94(56-30-83)127-92-51-21-78(22-52-92)105(111)80-25-61-99(101(67-80)131(113,114)115)130-98-43-11-73(12-44-98)71-7-39-88(40-8-71)125-90-47-17-76(18-48-90)104(110)77-19-49-91(50-20-77)126-95-57-31-84(32-58-95)108(122-65-66-123-108)85-33-59-96(60-34-85)128-93-53-23-79(24-54-93)106(112)81-26-62-100(102(68-81)132(116,117)118)129-97-41-9-72(10-42-97)70-5-37-87(38-6-70)124-89-45-15-75(16-46-89)103(109)74-13-35-86(119-2)36-14-74/h3-62,67-68H,63-66H2,1-2H3,(H,113,114,115)(H,116,117,118). The lowest BCUT2D eigenvalue weighted by molar-refractivity contribution is -0.130. The number of rotatable bonds is 31. The lowest BCUT2D eigenvalue weighted by Crippen LogP contribution is -2.28. The van der Waals surface area contributed by atoms with Crippen LogP contribution in [0.1, 0.15) is 91.5 Å². The summed E-state index contributed by atoms with van der Waals surface area (Å²) in [4.78, 5) is 53.2. The molecule has 2 fully saturated rings. The molecule has 16 aromatic carbocycles. The Labute approximate surface area is 759 Å². The number of carbonyl (C=O) groups is 4. The molecule has 0 aliphatic carbocycles. The molecule has 24 heteroatoms. The van der Waals surface area contributed by atoms with Gasteiger partial charge in [0.2, 0.25) is 11.6 Å². The molecule has 0 radical (unpaired) electrons. The maximum absolute atomic E-state index is 13.9. The number of hydrogen-bond donors (Lipinski definition) is 2. The molecule has 0 saturated carbocycles. The molecule has 0 bridgehead atoms. The average Bonchev–Trinajstić information content (AvgIpc) is 1.55. The van der Waals surface area contributed by atoms with Crippen molar-refractivity contribution in [1.82, 2.24) is 0 Å². The van der Waals surface area contributed by atoms with Gasteiger partial charge in [-0.2, -0.15) is 16.8 Å². The van der Waals surface area contributed by atoms with Crippen LogP contribution < -0.4 is 37.9 Å². The summed E-state index contributed by atoms with van der Waals surface area (Å²) in [5.41, 5.74) is 9.96. The van der Waals surface area contributed by atoms with Crippen LogP contribution in [0.2, 0.25) is 0 Å². The largest absolute Gasteiger partial charge is 0.497 e. The molecular formula is C108H78O22S2. The predicted molar refractivity (Wildman–Crippen MR) is 492 cm³/mol. The van der Waals surface area contributed by atoms with Gasteiger partial charge in [0, 0.05) is 66.8 Å². The quantitative estimate of drug-likeness (QED) is 0.0301. The Hall–Kier alpha value is -15.7. The Balaban J connectivity index is 0.437. The topological polar surface area (TPSA) is 288 Å². The average molecular weight is 1790 g/mol. The van der Waals surface area contributed by atoms with Crippen molar-refractivity contribution in [2.75, 3.05) is 33.5 Å². The highest BCUT2D eigenvalue weighted by molar-refractivity contribution is 7.86. The smallest absolute Gasteiger partial charge is 0.298 e. The first-order chi connectivity index (χ1) is 64.0. The van der Waals surface area contributed by atoms with Gasteiger partial charge >= 0.3 is 0 Å². The van der Waals surface area contributed by atoms with Crippen molar-refractivity contribution in [2.24, 2.45) is 0 Å². The van der Waals surface area contributed by atoms with Gasteiger partial charge in [0.1, 0.15) is 96.0 Å². The number of methoxy groups -OCH3 is 1. The van der Waals surface area contributed by atoms with E-state index in [0.717, 1.165) is 51.1 Å². The number of benzene rings is 16. The molecule has 18 rings (SSSR count). The van der Waals surface area contributed by atoms with E-state index in [4.69, 9.17) is 56.8 Å². The zero-order chi connectivity index (χ0) is 91.1. The van der Waals surface area contributed by atoms with Crippen molar-refractivity contribution < 1.29 is 102 Å². The molecule has 16 aromatic rings. The second-order valence-corrected chi connectivity index (χ2v) is 33.6. The molecule has 2 aliphatic heterocycles. The van der Waals surface area contributed by atoms with Gasteiger partial charge in [-0.3, -0.25) is 28.3 Å². The molecule has 2 saturated heterocycles. The number of aryl methyl sites for hydroxylation is 1. The van der Waals surface area contributed by atoms with Crippen molar-refractivity contribution in [1.29, 1.82) is 0 Å². The molecule has 0 aromatic heterocycles.